The summed E-state index contributed by atoms with van der Waals surface area (Å²) in [4.78, 5) is 26.2. The van der Waals surface area contributed by atoms with E-state index in [1.165, 1.54) is 17.1 Å². The third kappa shape index (κ3) is 6.66. The van der Waals surface area contributed by atoms with Crippen LogP contribution in [0, 0.1) is 12.8 Å². The summed E-state index contributed by atoms with van der Waals surface area (Å²) in [5.41, 5.74) is 4.51. The van der Waals surface area contributed by atoms with E-state index in [-0.39, 0.29) is 12.5 Å². The zero-order valence-corrected chi connectivity index (χ0v) is 21.7. The maximum absolute atomic E-state index is 12.9. The van der Waals surface area contributed by atoms with E-state index in [2.05, 4.69) is 5.32 Å². The molecule has 198 valence electrons. The Morgan fingerprint density at radius 1 is 1.14 bits per heavy atom. The van der Waals surface area contributed by atoms with E-state index in [1.807, 2.05) is 37.3 Å². The first-order chi connectivity index (χ1) is 17.7. The molecule has 0 aliphatic heterocycles. The number of carboxylic acid groups (broad SMARTS) is 2. The number of carbonyl (C=O) groups excluding carboxylic acids is 1. The Morgan fingerprint density at radius 3 is 2.32 bits per heavy atom. The number of carbonyl (C=O) groups is 2. The van der Waals surface area contributed by atoms with Crippen LogP contribution in [0.5, 0.6) is 0 Å². The zero-order valence-electron chi connectivity index (χ0n) is 20.8. The number of furan rings is 1. The molecule has 0 saturated heterocycles. The van der Waals surface area contributed by atoms with Gasteiger partial charge in [-0.05, 0) is 49.7 Å². The molecule has 3 N–H and O–H groups in total. The summed E-state index contributed by atoms with van der Waals surface area (Å²) in [5, 5.41) is 17.3. The number of nitrogens with one attached hydrogen (secondary N) is 1. The van der Waals surface area contributed by atoms with Crippen molar-refractivity contribution in [2.75, 3.05) is 13.6 Å². The van der Waals surface area contributed by atoms with Gasteiger partial charge in [0.25, 0.3) is 5.91 Å². The zero-order chi connectivity index (χ0) is 26.7. The van der Waals surface area contributed by atoms with Gasteiger partial charge < -0.3 is 19.9 Å². The van der Waals surface area contributed by atoms with E-state index in [0.717, 1.165) is 41.6 Å². The van der Waals surface area contributed by atoms with E-state index in [9.17, 15) is 13.2 Å². The SMILES string of the molecule is CNC(=O)c1c(-c2ccc(C)cc2)oc2nc(CN(CCC3CC3)[SH](=O)=O)c(C3CC3)cc12.O=C(O)O. The van der Waals surface area contributed by atoms with Crippen LogP contribution in [0.3, 0.4) is 0 Å². The van der Waals surface area contributed by atoms with Crippen LogP contribution in [0.1, 0.15) is 65.2 Å². The number of amides is 1. The second kappa shape index (κ2) is 11.3. The second-order valence-corrected chi connectivity index (χ2v) is 10.6. The highest BCUT2D eigenvalue weighted by atomic mass is 32.2. The van der Waals surface area contributed by atoms with E-state index in [1.54, 1.807) is 7.05 Å². The normalized spacial score (nSPS) is 15.0. The third-order valence-corrected chi connectivity index (χ3v) is 7.44. The van der Waals surface area contributed by atoms with Crippen LogP contribution in [0.25, 0.3) is 22.4 Å². The lowest BCUT2D eigenvalue weighted by atomic mass is 10.0. The summed E-state index contributed by atoms with van der Waals surface area (Å²) < 4.78 is 31.6. The molecule has 1 amide bonds. The van der Waals surface area contributed by atoms with E-state index in [4.69, 9.17) is 24.4 Å². The minimum absolute atomic E-state index is 0.227. The van der Waals surface area contributed by atoms with Crippen LogP contribution in [0.15, 0.2) is 34.7 Å². The number of benzene rings is 1. The summed E-state index contributed by atoms with van der Waals surface area (Å²) in [7, 11) is -1.10. The van der Waals surface area contributed by atoms with Gasteiger partial charge in [-0.2, -0.15) is 4.31 Å². The fourth-order valence-electron chi connectivity index (χ4n) is 4.34. The molecule has 0 bridgehead atoms. The Hall–Kier alpha value is -3.44. The van der Waals surface area contributed by atoms with E-state index in [0.29, 0.717) is 40.8 Å². The van der Waals surface area contributed by atoms with Gasteiger partial charge in [0, 0.05) is 19.2 Å². The Bertz CT molecular complexity index is 1360. The fourth-order valence-corrected chi connectivity index (χ4v) is 4.87. The standard InChI is InChI=1S/C25H29N3O4S.CH2O3/c1-15-3-7-18(8-4-15)23-22(24(29)26-2)20-13-19(17-9-10-17)21(27-25(20)32-23)14-28(33(30)31)12-11-16-5-6-16;2-1(3)4/h3-4,7-8,13,16-17,33H,5-6,9-12,14H2,1-2H3,(H,26,29);(H2,2,3,4). The molecule has 0 unspecified atom stereocenters. The van der Waals surface area contributed by atoms with Crippen molar-refractivity contribution in [1.82, 2.24) is 14.6 Å². The monoisotopic (exact) mass is 529 g/mol. The lowest BCUT2D eigenvalue weighted by Crippen LogP contribution is -2.24. The van der Waals surface area contributed by atoms with Gasteiger partial charge in [0.2, 0.25) is 16.6 Å². The summed E-state index contributed by atoms with van der Waals surface area (Å²) in [6.45, 7) is 2.76. The molecule has 5 rings (SSSR count). The Labute approximate surface area is 216 Å². The van der Waals surface area contributed by atoms with Crippen LogP contribution in [0.2, 0.25) is 0 Å². The number of pyridine rings is 1. The van der Waals surface area contributed by atoms with Gasteiger partial charge in [-0.25, -0.2) is 18.2 Å². The molecule has 0 radical (unpaired) electrons. The summed E-state index contributed by atoms with van der Waals surface area (Å²) >= 11 is 0. The van der Waals surface area contributed by atoms with Crippen LogP contribution in [-0.2, 0) is 17.4 Å². The quantitative estimate of drug-likeness (QED) is 0.298. The number of rotatable bonds is 9. The first kappa shape index (κ1) is 26.6. The number of hydrogen-bond donors (Lipinski definition) is 4. The highest BCUT2D eigenvalue weighted by Crippen LogP contribution is 2.44. The molecule has 2 heterocycles. The Morgan fingerprint density at radius 2 is 1.78 bits per heavy atom. The Balaban J connectivity index is 0.000000747. The average Bonchev–Trinajstić information content (AvgIpc) is 3.78. The van der Waals surface area contributed by atoms with Crippen LogP contribution < -0.4 is 5.32 Å². The van der Waals surface area contributed by atoms with Gasteiger partial charge in [0.1, 0.15) is 5.76 Å². The highest BCUT2D eigenvalue weighted by Gasteiger charge is 2.31. The topological polar surface area (TPSA) is 150 Å². The van der Waals surface area contributed by atoms with Crippen molar-refractivity contribution in [1.29, 1.82) is 0 Å². The van der Waals surface area contributed by atoms with Crippen molar-refractivity contribution in [2.24, 2.45) is 5.92 Å². The molecular formula is C26H31N3O7S. The molecule has 2 aliphatic carbocycles. The van der Waals surface area contributed by atoms with Crippen molar-refractivity contribution in [3.63, 3.8) is 0 Å². The molecule has 2 aromatic heterocycles. The minimum atomic E-state index is -2.70. The number of fused-ring (bicyclic) bond motifs is 1. The Kier molecular flexibility index (Phi) is 8.13. The fraction of sp³-hybridized carbons (Fsp3) is 0.423. The summed E-state index contributed by atoms with van der Waals surface area (Å²) in [5.74, 6) is 1.26. The van der Waals surface area contributed by atoms with Crippen molar-refractivity contribution >= 4 is 34.1 Å². The van der Waals surface area contributed by atoms with Crippen LogP contribution >= 0.6 is 0 Å². The molecule has 2 fully saturated rings. The van der Waals surface area contributed by atoms with E-state index < -0.39 is 17.0 Å². The first-order valence-corrected chi connectivity index (χ1v) is 13.4. The number of aryl methyl sites for hydroxylation is 1. The van der Waals surface area contributed by atoms with Crippen molar-refractivity contribution in [3.05, 3.63) is 52.7 Å². The molecule has 3 aromatic rings. The van der Waals surface area contributed by atoms with Gasteiger partial charge in [0.05, 0.1) is 23.2 Å². The predicted molar refractivity (Wildman–Crippen MR) is 138 cm³/mol. The van der Waals surface area contributed by atoms with Gasteiger partial charge in [-0.1, -0.05) is 42.7 Å². The molecule has 0 spiro atoms. The number of aromatic nitrogens is 1. The minimum Gasteiger partial charge on any atom is -0.450 e. The molecule has 11 heteroatoms. The molecular weight excluding hydrogens is 498 g/mol. The number of nitrogens with zero attached hydrogens (tertiary/aromatic N) is 2. The van der Waals surface area contributed by atoms with Gasteiger partial charge in [0.15, 0.2) is 0 Å². The molecule has 10 nitrogen and oxygen atoms in total. The lowest BCUT2D eigenvalue weighted by Gasteiger charge is -2.17. The number of hydrogen-bond acceptors (Lipinski definition) is 6. The summed E-state index contributed by atoms with van der Waals surface area (Å²) in [6, 6.07) is 9.83. The van der Waals surface area contributed by atoms with Gasteiger partial charge >= 0.3 is 6.16 Å². The predicted octanol–water partition coefficient (Wildman–Crippen LogP) is 4.39. The first-order valence-electron chi connectivity index (χ1n) is 12.2. The summed E-state index contributed by atoms with van der Waals surface area (Å²) in [6.07, 6.45) is 3.53. The molecule has 2 saturated carbocycles. The lowest BCUT2D eigenvalue weighted by molar-refractivity contribution is 0.0964. The highest BCUT2D eigenvalue weighted by molar-refractivity contribution is 7.69. The largest absolute Gasteiger partial charge is 0.503 e. The molecule has 37 heavy (non-hydrogen) atoms. The maximum Gasteiger partial charge on any atom is 0.503 e. The second-order valence-electron chi connectivity index (χ2n) is 9.54. The van der Waals surface area contributed by atoms with Gasteiger partial charge in [-0.3, -0.25) is 4.79 Å². The van der Waals surface area contributed by atoms with Crippen molar-refractivity contribution in [2.45, 2.75) is 51.5 Å². The van der Waals surface area contributed by atoms with Crippen LogP contribution in [0.4, 0.5) is 4.79 Å². The molecule has 1 aromatic carbocycles. The van der Waals surface area contributed by atoms with Crippen molar-refractivity contribution < 1.29 is 32.6 Å². The molecule has 0 atom stereocenters. The number of thiol groups is 1. The smallest absolute Gasteiger partial charge is 0.450 e. The van der Waals surface area contributed by atoms with Crippen LogP contribution in [-0.4, -0.2) is 53.6 Å². The van der Waals surface area contributed by atoms with Crippen molar-refractivity contribution in [3.8, 4) is 11.3 Å². The van der Waals surface area contributed by atoms with E-state index >= 15 is 0 Å². The average molecular weight is 530 g/mol. The maximum atomic E-state index is 12.9. The molecule has 2 aliphatic rings. The van der Waals surface area contributed by atoms with Gasteiger partial charge in [-0.15, -0.1) is 0 Å². The third-order valence-electron chi connectivity index (χ3n) is 6.64.